The topological polar surface area (TPSA) is 42.8 Å². The minimum Gasteiger partial charge on any atom is -0.493 e. The molecule has 2 rings (SSSR count). The van der Waals surface area contributed by atoms with Crippen LogP contribution in [-0.4, -0.2) is 19.4 Å². The largest absolute Gasteiger partial charge is 0.493 e. The van der Waals surface area contributed by atoms with E-state index in [9.17, 15) is 0 Å². The molecule has 0 aromatic heterocycles. The van der Waals surface area contributed by atoms with Crippen molar-refractivity contribution in [2.45, 2.75) is 26.4 Å². The molecule has 0 aliphatic heterocycles. The van der Waals surface area contributed by atoms with Gasteiger partial charge in [0.15, 0.2) is 11.5 Å². The molecule has 0 amide bonds. The van der Waals surface area contributed by atoms with E-state index in [1.165, 1.54) is 0 Å². The SMILES string of the molecule is CCC(C)Oc1c(Cl)cc(C=NNc2ccccc2)cc1OC. The van der Waals surface area contributed by atoms with Gasteiger partial charge in [-0.25, -0.2) is 0 Å². The normalized spacial score (nSPS) is 12.2. The third kappa shape index (κ3) is 4.89. The summed E-state index contributed by atoms with van der Waals surface area (Å²) in [7, 11) is 1.60. The monoisotopic (exact) mass is 332 g/mol. The number of rotatable bonds is 7. The third-order valence-corrected chi connectivity index (χ3v) is 3.61. The molecule has 0 saturated carbocycles. The Morgan fingerprint density at radius 3 is 2.65 bits per heavy atom. The molecular formula is C18H21ClN2O2. The van der Waals surface area contributed by atoms with Gasteiger partial charge >= 0.3 is 0 Å². The van der Waals surface area contributed by atoms with Crippen LogP contribution in [0, 0.1) is 0 Å². The summed E-state index contributed by atoms with van der Waals surface area (Å²) in [5, 5.41) is 4.71. The summed E-state index contributed by atoms with van der Waals surface area (Å²) in [6.45, 7) is 4.05. The Balaban J connectivity index is 2.15. The van der Waals surface area contributed by atoms with Crippen LogP contribution in [0.4, 0.5) is 5.69 Å². The van der Waals surface area contributed by atoms with Crippen molar-refractivity contribution < 1.29 is 9.47 Å². The number of nitrogens with zero attached hydrogens (tertiary/aromatic N) is 1. The first-order valence-corrected chi connectivity index (χ1v) is 7.90. The highest BCUT2D eigenvalue weighted by Gasteiger charge is 2.13. The van der Waals surface area contributed by atoms with Gasteiger partial charge < -0.3 is 9.47 Å². The van der Waals surface area contributed by atoms with Crippen molar-refractivity contribution in [3.63, 3.8) is 0 Å². The zero-order valence-corrected chi connectivity index (χ0v) is 14.3. The summed E-state index contributed by atoms with van der Waals surface area (Å²) in [6, 6.07) is 13.4. The number of para-hydroxylation sites is 1. The molecule has 0 radical (unpaired) electrons. The molecule has 0 aliphatic carbocycles. The van der Waals surface area contributed by atoms with Gasteiger partial charge in [0, 0.05) is 0 Å². The number of methoxy groups -OCH3 is 1. The van der Waals surface area contributed by atoms with Crippen LogP contribution in [0.5, 0.6) is 11.5 Å². The van der Waals surface area contributed by atoms with Crippen LogP contribution in [0.1, 0.15) is 25.8 Å². The van der Waals surface area contributed by atoms with Crippen molar-refractivity contribution in [3.8, 4) is 11.5 Å². The molecule has 0 fully saturated rings. The lowest BCUT2D eigenvalue weighted by atomic mass is 10.2. The van der Waals surface area contributed by atoms with Gasteiger partial charge in [-0.3, -0.25) is 5.43 Å². The molecule has 2 aromatic carbocycles. The van der Waals surface area contributed by atoms with Crippen LogP contribution in [0.2, 0.25) is 5.02 Å². The molecule has 1 atom stereocenters. The maximum Gasteiger partial charge on any atom is 0.180 e. The van der Waals surface area contributed by atoms with Crippen molar-refractivity contribution in [1.82, 2.24) is 0 Å². The second-order valence-electron chi connectivity index (χ2n) is 5.11. The summed E-state index contributed by atoms with van der Waals surface area (Å²) < 4.78 is 11.2. The fourth-order valence-electron chi connectivity index (χ4n) is 1.91. The lowest BCUT2D eigenvalue weighted by molar-refractivity contribution is 0.208. The van der Waals surface area contributed by atoms with Crippen LogP contribution in [0.3, 0.4) is 0 Å². The van der Waals surface area contributed by atoms with Crippen LogP contribution in [0.25, 0.3) is 0 Å². The van der Waals surface area contributed by atoms with Gasteiger partial charge in [-0.15, -0.1) is 0 Å². The Morgan fingerprint density at radius 2 is 2.00 bits per heavy atom. The van der Waals surface area contributed by atoms with Crippen LogP contribution in [-0.2, 0) is 0 Å². The van der Waals surface area contributed by atoms with Crippen molar-refractivity contribution >= 4 is 23.5 Å². The molecule has 122 valence electrons. The Kier molecular flexibility index (Phi) is 6.29. The van der Waals surface area contributed by atoms with Crippen LogP contribution >= 0.6 is 11.6 Å². The van der Waals surface area contributed by atoms with Gasteiger partial charge in [-0.1, -0.05) is 36.7 Å². The third-order valence-electron chi connectivity index (χ3n) is 3.33. The van der Waals surface area contributed by atoms with Crippen LogP contribution < -0.4 is 14.9 Å². The Bertz CT molecular complexity index is 660. The highest BCUT2D eigenvalue weighted by atomic mass is 35.5. The van der Waals surface area contributed by atoms with Gasteiger partial charge in [0.05, 0.1) is 30.1 Å². The summed E-state index contributed by atoms with van der Waals surface area (Å²) in [4.78, 5) is 0. The van der Waals surface area contributed by atoms with E-state index in [0.29, 0.717) is 16.5 Å². The molecule has 0 spiro atoms. The number of halogens is 1. The van der Waals surface area contributed by atoms with Crippen LogP contribution in [0.15, 0.2) is 47.6 Å². The highest BCUT2D eigenvalue weighted by molar-refractivity contribution is 6.32. The van der Waals surface area contributed by atoms with Gasteiger partial charge in [-0.05, 0) is 43.2 Å². The predicted molar refractivity (Wildman–Crippen MR) is 96.0 cm³/mol. The number of ether oxygens (including phenoxy) is 2. The predicted octanol–water partition coefficient (Wildman–Crippen LogP) is 4.97. The highest BCUT2D eigenvalue weighted by Crippen LogP contribution is 2.37. The van der Waals surface area contributed by atoms with Gasteiger partial charge in [0.2, 0.25) is 0 Å². The van der Waals surface area contributed by atoms with E-state index in [-0.39, 0.29) is 6.10 Å². The van der Waals surface area contributed by atoms with Crippen molar-refractivity contribution in [3.05, 3.63) is 53.1 Å². The average Bonchev–Trinajstić information content (AvgIpc) is 2.57. The molecule has 0 bridgehead atoms. The first-order valence-electron chi connectivity index (χ1n) is 7.52. The maximum atomic E-state index is 6.32. The Hall–Kier alpha value is -2.20. The lowest BCUT2D eigenvalue weighted by Gasteiger charge is -2.17. The minimum absolute atomic E-state index is 0.0701. The maximum absolute atomic E-state index is 6.32. The molecule has 23 heavy (non-hydrogen) atoms. The molecule has 1 unspecified atom stereocenters. The summed E-state index contributed by atoms with van der Waals surface area (Å²) >= 11 is 6.32. The molecule has 2 aromatic rings. The smallest absolute Gasteiger partial charge is 0.180 e. The summed E-state index contributed by atoms with van der Waals surface area (Å²) in [5.41, 5.74) is 4.70. The van der Waals surface area contributed by atoms with Crippen molar-refractivity contribution in [2.24, 2.45) is 5.10 Å². The molecule has 0 saturated heterocycles. The summed E-state index contributed by atoms with van der Waals surface area (Å²) in [5.74, 6) is 1.16. The van der Waals surface area contributed by atoms with Gasteiger partial charge in [-0.2, -0.15) is 5.10 Å². The van der Waals surface area contributed by atoms with Gasteiger partial charge in [0.25, 0.3) is 0 Å². The van der Waals surface area contributed by atoms with E-state index < -0.39 is 0 Å². The fourth-order valence-corrected chi connectivity index (χ4v) is 2.17. The van der Waals surface area contributed by atoms with E-state index in [1.54, 1.807) is 19.4 Å². The molecule has 0 aliphatic rings. The second-order valence-corrected chi connectivity index (χ2v) is 5.51. The Morgan fingerprint density at radius 1 is 1.26 bits per heavy atom. The van der Waals surface area contributed by atoms with Crippen molar-refractivity contribution in [1.29, 1.82) is 0 Å². The van der Waals surface area contributed by atoms with E-state index >= 15 is 0 Å². The van der Waals surface area contributed by atoms with E-state index in [0.717, 1.165) is 17.7 Å². The number of anilines is 1. The number of hydrogen-bond acceptors (Lipinski definition) is 4. The Labute approximate surface area is 142 Å². The lowest BCUT2D eigenvalue weighted by Crippen LogP contribution is -2.11. The standard InChI is InChI=1S/C18H21ClN2O2/c1-4-13(2)23-18-16(19)10-14(11-17(18)22-3)12-20-21-15-8-6-5-7-9-15/h5-13,21H,4H2,1-3H3. The van der Waals surface area contributed by atoms with Gasteiger partial charge in [0.1, 0.15) is 0 Å². The zero-order chi connectivity index (χ0) is 16.7. The molecule has 1 N–H and O–H groups in total. The molecular weight excluding hydrogens is 312 g/mol. The van der Waals surface area contributed by atoms with E-state index in [4.69, 9.17) is 21.1 Å². The number of nitrogens with one attached hydrogen (secondary N) is 1. The number of benzene rings is 2. The fraction of sp³-hybridized carbons (Fsp3) is 0.278. The summed E-state index contributed by atoms with van der Waals surface area (Å²) in [6.07, 6.45) is 2.65. The first-order chi connectivity index (χ1) is 11.1. The average molecular weight is 333 g/mol. The number of hydrogen-bond donors (Lipinski definition) is 1. The molecule has 4 nitrogen and oxygen atoms in total. The zero-order valence-electron chi connectivity index (χ0n) is 13.5. The first kappa shape index (κ1) is 17.2. The second kappa shape index (κ2) is 8.44. The van der Waals surface area contributed by atoms with E-state index in [1.807, 2.05) is 43.3 Å². The van der Waals surface area contributed by atoms with E-state index in [2.05, 4.69) is 17.5 Å². The molecule has 0 heterocycles. The quantitative estimate of drug-likeness (QED) is 0.575. The molecule has 5 heteroatoms. The van der Waals surface area contributed by atoms with Crippen molar-refractivity contribution in [2.75, 3.05) is 12.5 Å². The minimum atomic E-state index is 0.0701. The number of hydrazone groups is 1.